The molecule has 1 aromatic carbocycles. The minimum Gasteiger partial charge on any atom is -0.393 e. The van der Waals surface area contributed by atoms with Crippen LogP contribution < -0.4 is 11.1 Å². The summed E-state index contributed by atoms with van der Waals surface area (Å²) in [6.45, 7) is 2.10. The molecule has 1 aliphatic carbocycles. The number of nitro groups is 1. The molecule has 0 bridgehead atoms. The average molecular weight is 309 g/mol. The van der Waals surface area contributed by atoms with Crippen LogP contribution in [-0.2, 0) is 0 Å². The third-order valence-electron chi connectivity index (χ3n) is 3.64. The highest BCUT2D eigenvalue weighted by atomic mass is 32.2. The van der Waals surface area contributed by atoms with Gasteiger partial charge in [0.25, 0.3) is 11.6 Å². The number of hydrogen-bond acceptors (Lipinski definition) is 5. The number of nitrogens with two attached hydrogens (primary N) is 1. The Kier molecular flexibility index (Phi) is 5.06. The van der Waals surface area contributed by atoms with E-state index in [9.17, 15) is 14.9 Å². The monoisotopic (exact) mass is 309 g/mol. The maximum absolute atomic E-state index is 12.3. The third kappa shape index (κ3) is 3.66. The molecular weight excluding hydrogens is 290 g/mol. The molecule has 21 heavy (non-hydrogen) atoms. The summed E-state index contributed by atoms with van der Waals surface area (Å²) in [6, 6.07) is 4.30. The average Bonchev–Trinajstić information content (AvgIpc) is 2.86. The number of anilines is 1. The molecule has 0 spiro atoms. The summed E-state index contributed by atoms with van der Waals surface area (Å²) < 4.78 is 0. The van der Waals surface area contributed by atoms with E-state index in [1.165, 1.54) is 18.2 Å². The fraction of sp³-hybridized carbons (Fsp3) is 0.500. The summed E-state index contributed by atoms with van der Waals surface area (Å²) in [7, 11) is 0. The minimum absolute atomic E-state index is 0.0665. The largest absolute Gasteiger partial charge is 0.393 e. The zero-order valence-corrected chi connectivity index (χ0v) is 12.7. The van der Waals surface area contributed by atoms with Gasteiger partial charge in [0.05, 0.1) is 4.92 Å². The second-order valence-electron chi connectivity index (χ2n) is 5.04. The Labute approximate surface area is 127 Å². The van der Waals surface area contributed by atoms with Gasteiger partial charge in [-0.25, -0.2) is 0 Å². The van der Waals surface area contributed by atoms with Crippen molar-refractivity contribution in [3.63, 3.8) is 0 Å². The number of nitrogen functional groups attached to an aromatic ring is 1. The van der Waals surface area contributed by atoms with Crippen molar-refractivity contribution in [3.8, 4) is 0 Å². The Morgan fingerprint density at radius 3 is 2.95 bits per heavy atom. The van der Waals surface area contributed by atoms with E-state index in [0.717, 1.165) is 25.0 Å². The number of benzene rings is 1. The van der Waals surface area contributed by atoms with Crippen molar-refractivity contribution in [1.82, 2.24) is 5.32 Å². The van der Waals surface area contributed by atoms with Crippen LogP contribution in [0.5, 0.6) is 0 Å². The molecule has 1 saturated carbocycles. The number of carbonyl (C=O) groups excluding carboxylic acids is 1. The Hall–Kier alpha value is -1.76. The summed E-state index contributed by atoms with van der Waals surface area (Å²) in [5, 5.41) is 14.3. The molecule has 2 atom stereocenters. The van der Waals surface area contributed by atoms with Gasteiger partial charge >= 0.3 is 0 Å². The van der Waals surface area contributed by atoms with E-state index >= 15 is 0 Å². The van der Waals surface area contributed by atoms with Gasteiger partial charge in [-0.15, -0.1) is 0 Å². The predicted octanol–water partition coefficient (Wildman–Crippen LogP) is 2.58. The van der Waals surface area contributed by atoms with E-state index in [1.807, 2.05) is 11.8 Å². The number of carbonyl (C=O) groups is 1. The van der Waals surface area contributed by atoms with E-state index in [1.54, 1.807) is 0 Å². The number of hydrogen-bond donors (Lipinski definition) is 2. The zero-order chi connectivity index (χ0) is 15.4. The van der Waals surface area contributed by atoms with E-state index in [-0.39, 0.29) is 28.9 Å². The second-order valence-corrected chi connectivity index (χ2v) is 6.55. The summed E-state index contributed by atoms with van der Waals surface area (Å²) in [5.74, 6) is 0.747. The molecule has 1 aromatic rings. The van der Waals surface area contributed by atoms with Crippen LogP contribution in [0.4, 0.5) is 11.4 Å². The van der Waals surface area contributed by atoms with Crippen molar-refractivity contribution in [2.24, 2.45) is 0 Å². The maximum atomic E-state index is 12.3. The van der Waals surface area contributed by atoms with Gasteiger partial charge in [-0.3, -0.25) is 14.9 Å². The summed E-state index contributed by atoms with van der Waals surface area (Å²) in [6.07, 6.45) is 3.16. The zero-order valence-electron chi connectivity index (χ0n) is 11.9. The molecule has 0 saturated heterocycles. The molecule has 7 heteroatoms. The van der Waals surface area contributed by atoms with Gasteiger partial charge in [0.1, 0.15) is 5.69 Å². The van der Waals surface area contributed by atoms with Crippen molar-refractivity contribution < 1.29 is 9.72 Å². The SMILES string of the molecule is CCS[C@H]1CCC[C@H]1NC(=O)c1ccc(N)c([N+](=O)[O-])c1. The van der Waals surface area contributed by atoms with Crippen molar-refractivity contribution in [2.45, 2.75) is 37.5 Å². The smallest absolute Gasteiger partial charge is 0.292 e. The Bertz CT molecular complexity index is 550. The van der Waals surface area contributed by atoms with Gasteiger partial charge < -0.3 is 11.1 Å². The fourth-order valence-corrected chi connectivity index (χ4v) is 3.80. The molecule has 1 aliphatic rings. The molecule has 114 valence electrons. The van der Waals surface area contributed by atoms with Crippen LogP contribution in [0.15, 0.2) is 18.2 Å². The molecule has 6 nitrogen and oxygen atoms in total. The Balaban J connectivity index is 2.10. The maximum Gasteiger partial charge on any atom is 0.292 e. The first-order chi connectivity index (χ1) is 10.0. The molecule has 0 heterocycles. The van der Waals surface area contributed by atoms with Gasteiger partial charge in [-0.1, -0.05) is 13.3 Å². The van der Waals surface area contributed by atoms with Crippen molar-refractivity contribution in [2.75, 3.05) is 11.5 Å². The Morgan fingerprint density at radius 1 is 1.52 bits per heavy atom. The molecule has 0 aliphatic heterocycles. The van der Waals surface area contributed by atoms with Crippen molar-refractivity contribution in [3.05, 3.63) is 33.9 Å². The molecule has 3 N–H and O–H groups in total. The first-order valence-corrected chi connectivity index (χ1v) is 8.04. The number of amides is 1. The molecule has 0 radical (unpaired) electrons. The van der Waals surface area contributed by atoms with Crippen LogP contribution in [0.3, 0.4) is 0 Å². The summed E-state index contributed by atoms with van der Waals surface area (Å²) in [4.78, 5) is 22.5. The van der Waals surface area contributed by atoms with Crippen LogP contribution in [-0.4, -0.2) is 27.9 Å². The van der Waals surface area contributed by atoms with Crippen LogP contribution in [0.1, 0.15) is 36.5 Å². The lowest BCUT2D eigenvalue weighted by Crippen LogP contribution is -2.38. The topological polar surface area (TPSA) is 98.3 Å². The standard InChI is InChI=1S/C14H19N3O3S/c1-2-21-13-5-3-4-11(13)16-14(18)9-6-7-10(15)12(8-9)17(19)20/h6-8,11,13H,2-5,15H2,1H3,(H,16,18)/t11-,13+/m1/s1. The lowest BCUT2D eigenvalue weighted by atomic mass is 10.1. The van der Waals surface area contributed by atoms with Crippen molar-refractivity contribution in [1.29, 1.82) is 0 Å². The number of thioether (sulfide) groups is 1. The summed E-state index contributed by atoms with van der Waals surface area (Å²) in [5.41, 5.74) is 5.66. The van der Waals surface area contributed by atoms with Crippen LogP contribution in [0, 0.1) is 10.1 Å². The Morgan fingerprint density at radius 2 is 2.29 bits per heavy atom. The van der Waals surface area contributed by atoms with Gasteiger partial charge in [-0.2, -0.15) is 11.8 Å². The minimum atomic E-state index is -0.572. The van der Waals surface area contributed by atoms with Crippen molar-refractivity contribution >= 4 is 29.0 Å². The number of nitro benzene ring substituents is 1. The number of nitrogens with zero attached hydrogens (tertiary/aromatic N) is 1. The van der Waals surface area contributed by atoms with Gasteiger partial charge in [-0.05, 0) is 30.7 Å². The number of nitrogens with one attached hydrogen (secondary N) is 1. The van der Waals surface area contributed by atoms with E-state index in [0.29, 0.717) is 5.25 Å². The van der Waals surface area contributed by atoms with Crippen LogP contribution >= 0.6 is 11.8 Å². The van der Waals surface area contributed by atoms with Gasteiger partial charge in [0.15, 0.2) is 0 Å². The highest BCUT2D eigenvalue weighted by Crippen LogP contribution is 2.30. The number of rotatable bonds is 5. The first kappa shape index (κ1) is 15.6. The van der Waals surface area contributed by atoms with E-state index in [2.05, 4.69) is 12.2 Å². The lowest BCUT2D eigenvalue weighted by Gasteiger charge is -2.20. The van der Waals surface area contributed by atoms with Gasteiger partial charge in [0.2, 0.25) is 0 Å². The highest BCUT2D eigenvalue weighted by Gasteiger charge is 2.29. The molecule has 0 unspecified atom stereocenters. The quantitative estimate of drug-likeness (QED) is 0.495. The van der Waals surface area contributed by atoms with Crippen LogP contribution in [0.2, 0.25) is 0 Å². The normalized spacial score (nSPS) is 21.2. The molecular formula is C14H19N3O3S. The van der Waals surface area contributed by atoms with Gasteiger partial charge in [0, 0.05) is 22.9 Å². The molecule has 1 amide bonds. The van der Waals surface area contributed by atoms with E-state index in [4.69, 9.17) is 5.73 Å². The third-order valence-corrected chi connectivity index (χ3v) is 4.96. The second kappa shape index (κ2) is 6.80. The molecule has 0 aromatic heterocycles. The lowest BCUT2D eigenvalue weighted by molar-refractivity contribution is -0.383. The summed E-state index contributed by atoms with van der Waals surface area (Å²) >= 11 is 1.85. The first-order valence-electron chi connectivity index (χ1n) is 6.99. The fourth-order valence-electron chi connectivity index (χ4n) is 2.60. The van der Waals surface area contributed by atoms with Crippen LogP contribution in [0.25, 0.3) is 0 Å². The molecule has 1 fully saturated rings. The predicted molar refractivity (Wildman–Crippen MR) is 84.5 cm³/mol. The van der Waals surface area contributed by atoms with E-state index < -0.39 is 4.92 Å². The molecule has 2 rings (SSSR count). The highest BCUT2D eigenvalue weighted by molar-refractivity contribution is 7.99.